The Bertz CT molecular complexity index is 465. The Morgan fingerprint density at radius 1 is 1.39 bits per heavy atom. The molecule has 6 heteroatoms. The molecule has 0 fully saturated rings. The van der Waals surface area contributed by atoms with Crippen LogP contribution in [0.3, 0.4) is 0 Å². The van der Waals surface area contributed by atoms with E-state index in [-0.39, 0.29) is 17.6 Å². The quantitative estimate of drug-likeness (QED) is 0.908. The molecule has 1 amide bonds. The summed E-state index contributed by atoms with van der Waals surface area (Å²) >= 11 is 11.7. The molecule has 0 aliphatic carbocycles. The van der Waals surface area contributed by atoms with E-state index in [0.29, 0.717) is 16.6 Å². The van der Waals surface area contributed by atoms with Crippen LogP contribution in [0, 0.1) is 0 Å². The highest BCUT2D eigenvalue weighted by atomic mass is 35.5. The van der Waals surface area contributed by atoms with E-state index in [2.05, 4.69) is 5.32 Å². The molecule has 2 atom stereocenters. The Labute approximate surface area is 119 Å². The fourth-order valence-electron chi connectivity index (χ4n) is 1.27. The molecule has 0 heterocycles. The van der Waals surface area contributed by atoms with Gasteiger partial charge < -0.3 is 5.32 Å². The van der Waals surface area contributed by atoms with Crippen LogP contribution in [-0.2, 0) is 22.0 Å². The lowest BCUT2D eigenvalue weighted by Gasteiger charge is -2.10. The van der Waals surface area contributed by atoms with Gasteiger partial charge >= 0.3 is 0 Å². The molecule has 0 radical (unpaired) electrons. The SMILES string of the molecule is C[C@H](CNC(=O)Cc1ccc(Cl)c(Cl)c1)[S@@](C)=O. The third-order valence-electron chi connectivity index (χ3n) is 2.50. The molecule has 0 aromatic heterocycles. The Kier molecular flexibility index (Phi) is 6.12. The molecule has 0 saturated carbocycles. The number of rotatable bonds is 5. The summed E-state index contributed by atoms with van der Waals surface area (Å²) in [4.78, 5) is 11.6. The molecule has 0 aliphatic heterocycles. The van der Waals surface area contributed by atoms with Crippen LogP contribution in [0.2, 0.25) is 10.0 Å². The molecule has 3 nitrogen and oxygen atoms in total. The zero-order chi connectivity index (χ0) is 13.7. The van der Waals surface area contributed by atoms with Gasteiger partial charge in [-0.3, -0.25) is 9.00 Å². The predicted octanol–water partition coefficient (Wildman–Crippen LogP) is 2.42. The van der Waals surface area contributed by atoms with Gasteiger partial charge in [-0.05, 0) is 24.6 Å². The first kappa shape index (κ1) is 15.5. The van der Waals surface area contributed by atoms with Crippen LogP contribution >= 0.6 is 23.2 Å². The van der Waals surface area contributed by atoms with Crippen LogP contribution < -0.4 is 5.32 Å². The third kappa shape index (κ3) is 4.96. The number of amides is 1. The number of nitrogens with one attached hydrogen (secondary N) is 1. The summed E-state index contributed by atoms with van der Waals surface area (Å²) in [7, 11) is -0.933. The molecule has 1 aromatic carbocycles. The lowest BCUT2D eigenvalue weighted by Crippen LogP contribution is -2.33. The Morgan fingerprint density at radius 3 is 2.61 bits per heavy atom. The lowest BCUT2D eigenvalue weighted by molar-refractivity contribution is -0.120. The van der Waals surface area contributed by atoms with Gasteiger partial charge in [-0.2, -0.15) is 0 Å². The van der Waals surface area contributed by atoms with Crippen LogP contribution in [0.1, 0.15) is 12.5 Å². The molecular formula is C12H15Cl2NO2S. The van der Waals surface area contributed by atoms with Crippen molar-refractivity contribution in [2.75, 3.05) is 12.8 Å². The Morgan fingerprint density at radius 2 is 2.06 bits per heavy atom. The number of carbonyl (C=O) groups excluding carboxylic acids is 1. The topological polar surface area (TPSA) is 46.2 Å². The molecule has 1 rings (SSSR count). The first-order chi connectivity index (χ1) is 8.40. The summed E-state index contributed by atoms with van der Waals surface area (Å²) in [5, 5.41) is 3.59. The lowest BCUT2D eigenvalue weighted by atomic mass is 10.1. The second-order valence-electron chi connectivity index (χ2n) is 4.04. The number of hydrogen-bond acceptors (Lipinski definition) is 2. The maximum atomic E-state index is 11.6. The largest absolute Gasteiger partial charge is 0.355 e. The molecular weight excluding hydrogens is 293 g/mol. The molecule has 0 aliphatic rings. The average molecular weight is 308 g/mol. The maximum Gasteiger partial charge on any atom is 0.224 e. The molecule has 0 saturated heterocycles. The molecule has 1 N–H and O–H groups in total. The standard InChI is InChI=1S/C12H15Cl2NO2S/c1-8(18(2)17)7-15-12(16)6-9-3-4-10(13)11(14)5-9/h3-5,8H,6-7H2,1-2H3,(H,15,16)/t8-,18-/m1/s1. The smallest absolute Gasteiger partial charge is 0.224 e. The van der Waals surface area contributed by atoms with Crippen molar-refractivity contribution in [1.29, 1.82) is 0 Å². The fourth-order valence-corrected chi connectivity index (χ4v) is 1.91. The van der Waals surface area contributed by atoms with Gasteiger partial charge in [-0.1, -0.05) is 29.3 Å². The minimum atomic E-state index is -0.933. The van der Waals surface area contributed by atoms with Gasteiger partial charge in [0.1, 0.15) is 0 Å². The summed E-state index contributed by atoms with van der Waals surface area (Å²) in [5.74, 6) is -0.120. The van der Waals surface area contributed by atoms with Gasteiger partial charge in [0.25, 0.3) is 0 Å². The maximum absolute atomic E-state index is 11.6. The van der Waals surface area contributed by atoms with E-state index < -0.39 is 10.8 Å². The molecule has 100 valence electrons. The average Bonchev–Trinajstić information content (AvgIpc) is 2.30. The van der Waals surface area contributed by atoms with Crippen molar-refractivity contribution >= 4 is 39.9 Å². The van der Waals surface area contributed by atoms with Gasteiger partial charge in [0.2, 0.25) is 5.91 Å². The van der Waals surface area contributed by atoms with Crippen LogP contribution in [-0.4, -0.2) is 28.2 Å². The number of hydrogen-bond donors (Lipinski definition) is 1. The van der Waals surface area contributed by atoms with E-state index in [1.165, 1.54) is 0 Å². The minimum absolute atomic E-state index is 0.0530. The second-order valence-corrected chi connectivity index (χ2v) is 6.65. The van der Waals surface area contributed by atoms with Crippen molar-refractivity contribution in [3.05, 3.63) is 33.8 Å². The monoisotopic (exact) mass is 307 g/mol. The van der Waals surface area contributed by atoms with E-state index in [1.54, 1.807) is 24.5 Å². The van der Waals surface area contributed by atoms with Crippen LogP contribution in [0.15, 0.2) is 18.2 Å². The van der Waals surface area contributed by atoms with E-state index in [9.17, 15) is 9.00 Å². The van der Waals surface area contributed by atoms with E-state index >= 15 is 0 Å². The summed E-state index contributed by atoms with van der Waals surface area (Å²) in [6.07, 6.45) is 1.86. The predicted molar refractivity (Wildman–Crippen MR) is 76.7 cm³/mol. The van der Waals surface area contributed by atoms with E-state index in [4.69, 9.17) is 23.2 Å². The zero-order valence-corrected chi connectivity index (χ0v) is 12.5. The van der Waals surface area contributed by atoms with Crippen LogP contribution in [0.5, 0.6) is 0 Å². The van der Waals surface area contributed by atoms with Crippen molar-refractivity contribution in [2.45, 2.75) is 18.6 Å². The van der Waals surface area contributed by atoms with Crippen molar-refractivity contribution < 1.29 is 9.00 Å². The highest BCUT2D eigenvalue weighted by Crippen LogP contribution is 2.22. The number of carbonyl (C=O) groups is 1. The first-order valence-corrected chi connectivity index (χ1v) is 7.80. The molecule has 1 aromatic rings. The highest BCUT2D eigenvalue weighted by Gasteiger charge is 2.09. The van der Waals surface area contributed by atoms with Gasteiger partial charge in [0, 0.05) is 28.9 Å². The Balaban J connectivity index is 2.49. The summed E-state index contributed by atoms with van der Waals surface area (Å²) in [6, 6.07) is 5.09. The third-order valence-corrected chi connectivity index (χ3v) is 4.54. The first-order valence-electron chi connectivity index (χ1n) is 5.43. The molecule has 0 spiro atoms. The molecule has 0 bridgehead atoms. The van der Waals surface area contributed by atoms with Gasteiger partial charge in [0.15, 0.2) is 0 Å². The van der Waals surface area contributed by atoms with Crippen molar-refractivity contribution in [3.63, 3.8) is 0 Å². The van der Waals surface area contributed by atoms with E-state index in [1.807, 2.05) is 6.92 Å². The van der Waals surface area contributed by atoms with Gasteiger partial charge in [-0.15, -0.1) is 0 Å². The molecule has 0 unspecified atom stereocenters. The van der Waals surface area contributed by atoms with Crippen LogP contribution in [0.4, 0.5) is 0 Å². The van der Waals surface area contributed by atoms with Gasteiger partial charge in [0.05, 0.1) is 16.5 Å². The molecule has 18 heavy (non-hydrogen) atoms. The highest BCUT2D eigenvalue weighted by molar-refractivity contribution is 7.84. The fraction of sp³-hybridized carbons (Fsp3) is 0.417. The second kappa shape index (κ2) is 7.12. The summed E-state index contributed by atoms with van der Waals surface area (Å²) in [5.41, 5.74) is 0.798. The zero-order valence-electron chi connectivity index (χ0n) is 10.2. The number of benzene rings is 1. The van der Waals surface area contributed by atoms with Crippen molar-refractivity contribution in [3.8, 4) is 0 Å². The van der Waals surface area contributed by atoms with E-state index in [0.717, 1.165) is 5.56 Å². The minimum Gasteiger partial charge on any atom is -0.355 e. The summed E-state index contributed by atoms with van der Waals surface area (Å²) in [6.45, 7) is 2.23. The summed E-state index contributed by atoms with van der Waals surface area (Å²) < 4.78 is 11.1. The van der Waals surface area contributed by atoms with Gasteiger partial charge in [-0.25, -0.2) is 0 Å². The Hall–Kier alpha value is -0.580. The number of halogens is 2. The van der Waals surface area contributed by atoms with Crippen molar-refractivity contribution in [1.82, 2.24) is 5.32 Å². The van der Waals surface area contributed by atoms with Crippen molar-refractivity contribution in [2.24, 2.45) is 0 Å². The van der Waals surface area contributed by atoms with Crippen LogP contribution in [0.25, 0.3) is 0 Å². The normalized spacial score (nSPS) is 14.0.